The summed E-state index contributed by atoms with van der Waals surface area (Å²) in [5.74, 6) is -4.16. The topological polar surface area (TPSA) is 200 Å². The molecule has 4 fully saturated rings. The highest BCUT2D eigenvalue weighted by Gasteiger charge is 2.43. The maximum absolute atomic E-state index is 15.9. The van der Waals surface area contributed by atoms with Crippen LogP contribution in [-0.2, 0) is 19.8 Å². The van der Waals surface area contributed by atoms with E-state index in [2.05, 4.69) is 62.9 Å². The molecule has 0 radical (unpaired) electrons. The lowest BCUT2D eigenvalue weighted by Crippen LogP contribution is -2.49. The zero-order chi connectivity index (χ0) is 58.3. The number of aliphatic hydroxyl groups is 1. The number of fused-ring (bicyclic) bond motifs is 1. The lowest BCUT2D eigenvalue weighted by atomic mass is 9.87. The molecule has 4 aliphatic rings. The number of anilines is 3. The van der Waals surface area contributed by atoms with Crippen LogP contribution in [0.15, 0.2) is 103 Å². The minimum atomic E-state index is -4.37. The number of pyridine rings is 2. The number of nitrogens with zero attached hydrogens (tertiary/aromatic N) is 8. The Morgan fingerprint density at radius 3 is 2.22 bits per heavy atom. The number of aliphatic hydroxyl groups excluding tert-OH is 1. The van der Waals surface area contributed by atoms with Gasteiger partial charge in [-0.05, 0) is 104 Å². The van der Waals surface area contributed by atoms with Crippen LogP contribution in [0.1, 0.15) is 91.2 Å². The molecule has 4 N–H and O–H groups in total. The van der Waals surface area contributed by atoms with E-state index in [1.54, 1.807) is 34.7 Å². The van der Waals surface area contributed by atoms with Crippen LogP contribution in [0.4, 0.5) is 30.2 Å². The third kappa shape index (κ3) is 12.2. The van der Waals surface area contributed by atoms with Crippen LogP contribution in [0.25, 0.3) is 32.6 Å². The highest BCUT2D eigenvalue weighted by Crippen LogP contribution is 2.36. The number of piperazine rings is 1. The molecule has 3 aromatic carbocycles. The molecular weight excluding hydrogens is 1100 g/mol. The highest BCUT2D eigenvalue weighted by molar-refractivity contribution is 7.90. The van der Waals surface area contributed by atoms with Crippen molar-refractivity contribution >= 4 is 67.2 Å². The first-order valence-corrected chi connectivity index (χ1v) is 30.7. The Kier molecular flexibility index (Phi) is 16.8. The van der Waals surface area contributed by atoms with Crippen molar-refractivity contribution in [2.24, 2.45) is 11.8 Å². The van der Waals surface area contributed by atoms with Crippen molar-refractivity contribution in [3.8, 4) is 21.6 Å². The number of thiazole rings is 1. The zero-order valence-corrected chi connectivity index (χ0v) is 48.4. The largest absolute Gasteiger partial charge is 0.391 e. The lowest BCUT2D eigenvalue weighted by molar-refractivity contribution is -0.140. The minimum Gasteiger partial charge on any atom is -0.391 e. The zero-order valence-electron chi connectivity index (χ0n) is 46.8. The SMILES string of the molecule is Cc1ncsc1-c1ccc(C(C)NC(=O)[C@@H]2C[C@@H](O)CN2C(=O)C(c2cncc(N3CCN(CC4CCN(c5ccc(-c6cnc7[nH]cc(C(=O)c8c(F)ccc(NS(=O)(=O)N9CC[C@@H](F)C9)c8F)c7c6)cc5)CC4)CC3)c2)C(C)C)cc1. The van der Waals surface area contributed by atoms with Gasteiger partial charge in [-0.3, -0.25) is 29.0 Å². The molecule has 436 valence electrons. The highest BCUT2D eigenvalue weighted by atomic mass is 32.2. The standard InChI is InChI=1S/C61H68F3N11O6S2/c1-36(2)54(61(79)75-34-48(76)27-53(75)60(78)69-37(3)40-5-7-42(8-6-40)58-38(4)68-35-82-58)44-25-47(30-65-28-44)73-23-21-71(22-24-73)32-39-15-18-72(19-16-39)46-11-9-41(10-12-46)43-26-49-50(31-67-59(49)66-29-43)57(77)55-51(63)13-14-52(56(55)64)70-83(80,81)74-20-17-45(62)33-74/h5-14,25-26,28-31,35-37,39,45,48,53-54,70,76H,15-24,27,32-34H2,1-4H3,(H,66,67)(H,69,78)/t37?,45-,48-,53+,54?/m1/s1. The Hall–Kier alpha value is -7.24. The van der Waals surface area contributed by atoms with Crippen LogP contribution in [0.5, 0.6) is 0 Å². The monoisotopic (exact) mass is 1170 g/mol. The molecule has 0 aliphatic carbocycles. The summed E-state index contributed by atoms with van der Waals surface area (Å²) >= 11 is 1.59. The number of aromatic nitrogens is 4. The summed E-state index contributed by atoms with van der Waals surface area (Å²) in [6.07, 6.45) is 6.66. The van der Waals surface area contributed by atoms with Gasteiger partial charge in [-0.25, -0.2) is 23.1 Å². The summed E-state index contributed by atoms with van der Waals surface area (Å²) in [5.41, 5.74) is 7.84. The molecule has 7 aromatic rings. The second kappa shape index (κ2) is 24.2. The number of hydrogen-bond acceptors (Lipinski definition) is 13. The van der Waals surface area contributed by atoms with Gasteiger partial charge in [0.05, 0.1) is 57.3 Å². The molecule has 8 heterocycles. The quantitative estimate of drug-likeness (QED) is 0.0633. The Morgan fingerprint density at radius 2 is 1.53 bits per heavy atom. The first-order valence-electron chi connectivity index (χ1n) is 28.4. The van der Waals surface area contributed by atoms with E-state index >= 15 is 8.78 Å². The summed E-state index contributed by atoms with van der Waals surface area (Å²) in [4.78, 5) is 68.6. The number of alkyl halides is 1. The number of amides is 2. The van der Waals surface area contributed by atoms with Gasteiger partial charge in [0.15, 0.2) is 5.82 Å². The minimum absolute atomic E-state index is 0.000839. The van der Waals surface area contributed by atoms with Gasteiger partial charge in [-0.2, -0.15) is 12.7 Å². The van der Waals surface area contributed by atoms with Crippen molar-refractivity contribution in [3.05, 3.63) is 143 Å². The van der Waals surface area contributed by atoms with Crippen LogP contribution >= 0.6 is 11.3 Å². The van der Waals surface area contributed by atoms with Crippen molar-refractivity contribution in [3.63, 3.8) is 0 Å². The molecule has 4 aromatic heterocycles. The van der Waals surface area contributed by atoms with Gasteiger partial charge in [0, 0.05) is 113 Å². The number of ketones is 1. The number of rotatable bonds is 17. The van der Waals surface area contributed by atoms with Gasteiger partial charge < -0.3 is 30.1 Å². The first-order chi connectivity index (χ1) is 39.9. The normalized spacial score (nSPS) is 20.1. The predicted octanol–water partition coefficient (Wildman–Crippen LogP) is 8.88. The smallest absolute Gasteiger partial charge is 0.301 e. The molecule has 2 unspecified atom stereocenters. The number of hydrogen-bond donors (Lipinski definition) is 4. The molecule has 11 rings (SSSR count). The van der Waals surface area contributed by atoms with E-state index < -0.39 is 69.7 Å². The number of likely N-dealkylation sites (tertiary alicyclic amines) is 1. The molecule has 22 heteroatoms. The van der Waals surface area contributed by atoms with Gasteiger partial charge in [0.2, 0.25) is 17.6 Å². The summed E-state index contributed by atoms with van der Waals surface area (Å²) in [7, 11) is -4.37. The number of halogens is 3. The van der Waals surface area contributed by atoms with Crippen molar-refractivity contribution in [2.45, 2.75) is 83.7 Å². The molecule has 0 spiro atoms. The predicted molar refractivity (Wildman–Crippen MR) is 315 cm³/mol. The Balaban J connectivity index is 0.665. The molecule has 0 saturated carbocycles. The van der Waals surface area contributed by atoms with E-state index in [1.165, 1.54) is 6.20 Å². The van der Waals surface area contributed by atoms with Gasteiger partial charge in [0.25, 0.3) is 0 Å². The summed E-state index contributed by atoms with van der Waals surface area (Å²) in [6.45, 7) is 13.7. The van der Waals surface area contributed by atoms with Gasteiger partial charge in [-0.15, -0.1) is 11.3 Å². The second-order valence-electron chi connectivity index (χ2n) is 22.8. The molecule has 5 atom stereocenters. The number of aryl methyl sites for hydroxylation is 1. The van der Waals surface area contributed by atoms with E-state index in [-0.39, 0.29) is 55.3 Å². The molecule has 4 saturated heterocycles. The third-order valence-corrected chi connectivity index (χ3v) is 19.3. The van der Waals surface area contributed by atoms with E-state index in [0.29, 0.717) is 22.5 Å². The summed E-state index contributed by atoms with van der Waals surface area (Å²) in [6, 6.07) is 20.5. The van der Waals surface area contributed by atoms with Gasteiger partial charge in [0.1, 0.15) is 23.7 Å². The van der Waals surface area contributed by atoms with Crippen molar-refractivity contribution < 1.29 is 41.1 Å². The molecule has 4 aliphatic heterocycles. The number of H-pyrrole nitrogens is 1. The van der Waals surface area contributed by atoms with E-state index in [9.17, 15) is 32.3 Å². The van der Waals surface area contributed by atoms with E-state index in [1.807, 2.05) is 75.8 Å². The molecule has 83 heavy (non-hydrogen) atoms. The Morgan fingerprint density at radius 1 is 0.807 bits per heavy atom. The van der Waals surface area contributed by atoms with Crippen molar-refractivity contribution in [1.29, 1.82) is 0 Å². The molecular formula is C61H68F3N11O6S2. The number of benzene rings is 3. The fourth-order valence-electron chi connectivity index (χ4n) is 12.2. The van der Waals surface area contributed by atoms with E-state index in [4.69, 9.17) is 0 Å². The lowest BCUT2D eigenvalue weighted by Gasteiger charge is -2.40. The summed E-state index contributed by atoms with van der Waals surface area (Å²) < 4.78 is 73.5. The maximum atomic E-state index is 15.9. The number of carbonyl (C=O) groups is 3. The number of nitrogens with one attached hydrogen (secondary N) is 3. The number of carbonyl (C=O) groups excluding carboxylic acids is 3. The molecule has 0 bridgehead atoms. The van der Waals surface area contributed by atoms with E-state index in [0.717, 1.165) is 119 Å². The van der Waals surface area contributed by atoms with Gasteiger partial charge in [-0.1, -0.05) is 50.2 Å². The van der Waals surface area contributed by atoms with Crippen molar-refractivity contribution in [1.82, 2.24) is 39.4 Å². The van der Waals surface area contributed by atoms with Crippen molar-refractivity contribution in [2.75, 3.05) is 80.0 Å². The van der Waals surface area contributed by atoms with Gasteiger partial charge >= 0.3 is 10.2 Å². The maximum Gasteiger partial charge on any atom is 0.301 e. The van der Waals surface area contributed by atoms with Crippen LogP contribution in [-0.4, -0.2) is 149 Å². The fraction of sp³-hybridized carbons (Fsp3) is 0.410. The number of piperidine rings is 1. The van der Waals surface area contributed by atoms with Crippen LogP contribution in [0.3, 0.4) is 0 Å². The van der Waals surface area contributed by atoms with Crippen LogP contribution < -0.4 is 19.8 Å². The Bertz CT molecular complexity index is 3630. The average molecular weight is 1170 g/mol. The average Bonchev–Trinajstić information content (AvgIpc) is 3.56. The third-order valence-electron chi connectivity index (χ3n) is 16.9. The first kappa shape index (κ1) is 57.6. The number of aromatic amines is 1. The fourth-order valence-corrected chi connectivity index (χ4v) is 14.3. The van der Waals surface area contributed by atoms with Crippen LogP contribution in [0, 0.1) is 30.4 Å². The Labute approximate surface area is 485 Å². The molecule has 17 nitrogen and oxygen atoms in total. The second-order valence-corrected chi connectivity index (χ2v) is 25.3. The number of β-amino-alcohol motifs (C(OH)–C–C–N with tert-alkyl or cyclic N) is 1. The molecule has 2 amide bonds. The summed E-state index contributed by atoms with van der Waals surface area (Å²) in [5, 5.41) is 14.3. The van der Waals surface area contributed by atoms with Crippen LogP contribution in [0.2, 0.25) is 0 Å².